The van der Waals surface area contributed by atoms with E-state index in [4.69, 9.17) is 4.74 Å². The van der Waals surface area contributed by atoms with Crippen LogP contribution in [-0.2, 0) is 0 Å². The molecule has 5 heteroatoms. The Morgan fingerprint density at radius 2 is 1.53 bits per heavy atom. The first-order valence-corrected chi connectivity index (χ1v) is 13.0. The van der Waals surface area contributed by atoms with Gasteiger partial charge in [-0.1, -0.05) is 24.3 Å². The fourth-order valence-electron chi connectivity index (χ4n) is 4.90. The minimum absolute atomic E-state index is 0.293. The number of aromatic hydroxyl groups is 1. The van der Waals surface area contributed by atoms with Crippen molar-refractivity contribution in [2.45, 2.75) is 24.8 Å². The Morgan fingerprint density at radius 3 is 2.18 bits per heavy atom. The molecular formula is C29H32N2O2S. The lowest BCUT2D eigenvalue weighted by molar-refractivity contribution is 0.209. The molecule has 0 spiro atoms. The molecule has 0 aromatic heterocycles. The van der Waals surface area contributed by atoms with Crippen LogP contribution in [0.1, 0.15) is 30.5 Å². The number of piperazine rings is 1. The number of phenols is 1. The second-order valence-electron chi connectivity index (χ2n) is 9.21. The maximum Gasteiger partial charge on any atom is 0.120 e. The highest BCUT2D eigenvalue weighted by atomic mass is 32.2. The maximum absolute atomic E-state index is 9.81. The Hall–Kier alpha value is -2.89. The van der Waals surface area contributed by atoms with Gasteiger partial charge in [0.2, 0.25) is 0 Å². The van der Waals surface area contributed by atoms with E-state index in [1.54, 1.807) is 19.2 Å². The molecule has 0 aliphatic carbocycles. The highest BCUT2D eigenvalue weighted by molar-refractivity contribution is 7.99. The van der Waals surface area contributed by atoms with Crippen LogP contribution in [0.3, 0.4) is 0 Å². The summed E-state index contributed by atoms with van der Waals surface area (Å²) in [5.74, 6) is 2.05. The molecule has 1 fully saturated rings. The summed E-state index contributed by atoms with van der Waals surface area (Å²) in [6.07, 6.45) is 0. The monoisotopic (exact) mass is 472 g/mol. The summed E-state index contributed by atoms with van der Waals surface area (Å²) in [7, 11) is 1.72. The van der Waals surface area contributed by atoms with Gasteiger partial charge in [-0.05, 0) is 84.1 Å². The van der Waals surface area contributed by atoms with Crippen LogP contribution in [0.2, 0.25) is 0 Å². The van der Waals surface area contributed by atoms with Gasteiger partial charge < -0.3 is 14.7 Å². The zero-order valence-corrected chi connectivity index (χ0v) is 20.9. The minimum Gasteiger partial charge on any atom is -0.508 e. The van der Waals surface area contributed by atoms with E-state index in [2.05, 4.69) is 60.0 Å². The third kappa shape index (κ3) is 4.55. The van der Waals surface area contributed by atoms with E-state index in [1.165, 1.54) is 32.9 Å². The molecule has 1 N–H and O–H groups in total. The van der Waals surface area contributed by atoms with Crippen molar-refractivity contribution in [1.29, 1.82) is 0 Å². The molecule has 0 amide bonds. The lowest BCUT2D eigenvalue weighted by atomic mass is 9.89. The lowest BCUT2D eigenvalue weighted by Gasteiger charge is -2.38. The van der Waals surface area contributed by atoms with Gasteiger partial charge in [0, 0.05) is 48.6 Å². The molecule has 4 nitrogen and oxygen atoms in total. The van der Waals surface area contributed by atoms with Gasteiger partial charge >= 0.3 is 0 Å². The summed E-state index contributed by atoms with van der Waals surface area (Å²) < 4.78 is 5.48. The summed E-state index contributed by atoms with van der Waals surface area (Å²) in [5.41, 5.74) is 7.45. The number of anilines is 1. The van der Waals surface area contributed by atoms with Crippen molar-refractivity contribution >= 4 is 28.6 Å². The third-order valence-corrected chi connectivity index (χ3v) is 8.00. The van der Waals surface area contributed by atoms with Crippen LogP contribution in [0.15, 0.2) is 71.6 Å². The second-order valence-corrected chi connectivity index (χ2v) is 10.2. The molecule has 34 heavy (non-hydrogen) atoms. The van der Waals surface area contributed by atoms with E-state index in [1.807, 2.05) is 30.0 Å². The molecule has 0 radical (unpaired) electrons. The predicted molar refractivity (Wildman–Crippen MR) is 143 cm³/mol. The van der Waals surface area contributed by atoms with Gasteiger partial charge in [0.05, 0.1) is 7.11 Å². The van der Waals surface area contributed by atoms with Gasteiger partial charge in [0.15, 0.2) is 0 Å². The van der Waals surface area contributed by atoms with Gasteiger partial charge in [-0.25, -0.2) is 0 Å². The first-order valence-electron chi connectivity index (χ1n) is 12.0. The largest absolute Gasteiger partial charge is 0.508 e. The minimum atomic E-state index is 0.293. The van der Waals surface area contributed by atoms with Crippen LogP contribution in [0, 0.1) is 0 Å². The molecule has 0 bridgehead atoms. The lowest BCUT2D eigenvalue weighted by Crippen LogP contribution is -2.48. The SMILES string of the molecule is COc1ccc2c(c1)SCC(c1ccc(O)cc1)=C2c1ccc(N2CCN(C(C)C)CC2)cc1. The van der Waals surface area contributed by atoms with Crippen LogP contribution in [0.5, 0.6) is 11.5 Å². The molecule has 2 heterocycles. The Kier molecular flexibility index (Phi) is 6.57. The first-order chi connectivity index (χ1) is 16.5. The fraction of sp³-hybridized carbons (Fsp3) is 0.310. The van der Waals surface area contributed by atoms with E-state index < -0.39 is 0 Å². The van der Waals surface area contributed by atoms with Crippen LogP contribution in [0.25, 0.3) is 11.1 Å². The summed E-state index contributed by atoms with van der Waals surface area (Å²) in [6, 6.07) is 23.6. The number of ether oxygens (including phenoxy) is 1. The van der Waals surface area contributed by atoms with Crippen LogP contribution in [-0.4, -0.2) is 55.1 Å². The highest BCUT2D eigenvalue weighted by Gasteiger charge is 2.24. The maximum atomic E-state index is 9.81. The molecule has 0 unspecified atom stereocenters. The summed E-state index contributed by atoms with van der Waals surface area (Å²) >= 11 is 1.84. The fourth-order valence-corrected chi connectivity index (χ4v) is 6.03. The third-order valence-electron chi connectivity index (χ3n) is 6.91. The number of hydrogen-bond donors (Lipinski definition) is 1. The van der Waals surface area contributed by atoms with Crippen molar-refractivity contribution in [3.8, 4) is 11.5 Å². The molecule has 2 aliphatic heterocycles. The topological polar surface area (TPSA) is 35.9 Å². The van der Waals surface area contributed by atoms with Crippen molar-refractivity contribution in [3.63, 3.8) is 0 Å². The van der Waals surface area contributed by atoms with Gasteiger partial charge in [0.25, 0.3) is 0 Å². The summed E-state index contributed by atoms with van der Waals surface area (Å²) in [6.45, 7) is 8.92. The molecule has 0 saturated carbocycles. The number of fused-ring (bicyclic) bond motifs is 1. The van der Waals surface area contributed by atoms with Crippen molar-refractivity contribution < 1.29 is 9.84 Å². The van der Waals surface area contributed by atoms with Gasteiger partial charge in [0.1, 0.15) is 11.5 Å². The quantitative estimate of drug-likeness (QED) is 0.493. The Bertz CT molecular complexity index is 1180. The van der Waals surface area contributed by atoms with E-state index in [0.29, 0.717) is 11.8 Å². The number of nitrogens with zero attached hydrogens (tertiary/aromatic N) is 2. The molecular weight excluding hydrogens is 440 g/mol. The van der Waals surface area contributed by atoms with Crippen LogP contribution >= 0.6 is 11.8 Å². The molecule has 1 saturated heterocycles. The number of rotatable bonds is 5. The van der Waals surface area contributed by atoms with Gasteiger partial charge in [-0.15, -0.1) is 11.8 Å². The zero-order valence-electron chi connectivity index (χ0n) is 20.1. The number of hydrogen-bond acceptors (Lipinski definition) is 5. The summed E-state index contributed by atoms with van der Waals surface area (Å²) in [4.78, 5) is 6.28. The van der Waals surface area contributed by atoms with Crippen molar-refractivity contribution in [1.82, 2.24) is 4.90 Å². The Balaban J connectivity index is 1.51. The molecule has 5 rings (SSSR count). The van der Waals surface area contributed by atoms with Crippen molar-refractivity contribution in [2.24, 2.45) is 0 Å². The van der Waals surface area contributed by atoms with Crippen LogP contribution < -0.4 is 9.64 Å². The standard InChI is InChI=1S/C29H32N2O2S/c1-20(2)30-14-16-31(17-15-30)23-8-4-22(5-9-23)29-26-13-12-25(33-3)18-28(26)34-19-27(29)21-6-10-24(32)11-7-21/h4-13,18,20,32H,14-17,19H2,1-3H3. The average molecular weight is 473 g/mol. The normalized spacial score (nSPS) is 16.6. The van der Waals surface area contributed by atoms with Gasteiger partial charge in [-0.3, -0.25) is 4.90 Å². The summed E-state index contributed by atoms with van der Waals surface area (Å²) in [5, 5.41) is 9.81. The Labute approximate surface area is 206 Å². The van der Waals surface area contributed by atoms with E-state index in [-0.39, 0.29) is 0 Å². The molecule has 176 valence electrons. The first kappa shape index (κ1) is 22.9. The molecule has 3 aromatic rings. The highest BCUT2D eigenvalue weighted by Crippen LogP contribution is 2.45. The van der Waals surface area contributed by atoms with E-state index in [0.717, 1.165) is 43.2 Å². The molecule has 2 aliphatic rings. The number of thioether (sulfide) groups is 1. The van der Waals surface area contributed by atoms with Crippen LogP contribution in [0.4, 0.5) is 5.69 Å². The second kappa shape index (κ2) is 9.77. The van der Waals surface area contributed by atoms with E-state index >= 15 is 0 Å². The van der Waals surface area contributed by atoms with E-state index in [9.17, 15) is 5.11 Å². The Morgan fingerprint density at radius 1 is 0.853 bits per heavy atom. The molecule has 3 aromatic carbocycles. The van der Waals surface area contributed by atoms with Gasteiger partial charge in [-0.2, -0.15) is 0 Å². The average Bonchev–Trinajstić information content (AvgIpc) is 2.88. The zero-order chi connectivity index (χ0) is 23.7. The number of benzene rings is 3. The van der Waals surface area contributed by atoms with Crippen molar-refractivity contribution in [2.75, 3.05) is 43.9 Å². The number of phenolic OH excluding ortho intramolecular Hbond substituents is 1. The molecule has 0 atom stereocenters. The predicted octanol–water partition coefficient (Wildman–Crippen LogP) is 6.00. The van der Waals surface area contributed by atoms with Crippen molar-refractivity contribution in [3.05, 3.63) is 83.4 Å². The smallest absolute Gasteiger partial charge is 0.120 e. The number of methoxy groups -OCH3 is 1.